The van der Waals surface area contributed by atoms with Crippen LogP contribution in [0.5, 0.6) is 0 Å². The summed E-state index contributed by atoms with van der Waals surface area (Å²) < 4.78 is 0. The molecule has 0 aliphatic carbocycles. The molecule has 0 saturated heterocycles. The van der Waals surface area contributed by atoms with Crippen LogP contribution in [0, 0.1) is 5.92 Å². The van der Waals surface area contributed by atoms with E-state index in [1.54, 1.807) is 0 Å². The largest absolute Gasteiger partial charge is 0.410 e. The maximum atomic E-state index is 8.04. The van der Waals surface area contributed by atoms with E-state index in [1.807, 2.05) is 13.8 Å². The standard InChI is InChI=1S/C5H10ClNO/c1-4(2)3-5(6)7-8/h4,8H,3H2,1-2H3/b7-5-. The number of hydrogen-bond acceptors (Lipinski definition) is 2. The molecular weight excluding hydrogens is 126 g/mol. The molecule has 0 aliphatic rings. The summed E-state index contributed by atoms with van der Waals surface area (Å²) in [6, 6.07) is 0. The fourth-order valence-electron chi connectivity index (χ4n) is 0.378. The summed E-state index contributed by atoms with van der Waals surface area (Å²) in [4.78, 5) is 0. The van der Waals surface area contributed by atoms with Crippen molar-refractivity contribution in [3.63, 3.8) is 0 Å². The van der Waals surface area contributed by atoms with E-state index in [-0.39, 0.29) is 5.17 Å². The van der Waals surface area contributed by atoms with Crippen LogP contribution in [-0.2, 0) is 0 Å². The van der Waals surface area contributed by atoms with Crippen LogP contribution in [0.2, 0.25) is 0 Å². The zero-order valence-corrected chi connectivity index (χ0v) is 5.81. The van der Waals surface area contributed by atoms with E-state index in [2.05, 4.69) is 5.16 Å². The highest BCUT2D eigenvalue weighted by molar-refractivity contribution is 6.65. The van der Waals surface area contributed by atoms with Gasteiger partial charge in [-0.25, -0.2) is 0 Å². The van der Waals surface area contributed by atoms with Crippen LogP contribution >= 0.6 is 11.6 Å². The SMILES string of the molecule is CC(C)C/C(Cl)=N/O. The highest BCUT2D eigenvalue weighted by Crippen LogP contribution is 2.03. The molecule has 0 aromatic heterocycles. The average Bonchev–Trinajstić information content (AvgIpc) is 1.65. The van der Waals surface area contributed by atoms with Crippen molar-refractivity contribution in [2.24, 2.45) is 11.1 Å². The summed E-state index contributed by atoms with van der Waals surface area (Å²) in [5.41, 5.74) is 0. The molecular formula is C5H10ClNO. The van der Waals surface area contributed by atoms with E-state index >= 15 is 0 Å². The summed E-state index contributed by atoms with van der Waals surface area (Å²) in [5.74, 6) is 0.457. The molecule has 0 spiro atoms. The lowest BCUT2D eigenvalue weighted by Crippen LogP contribution is -1.94. The van der Waals surface area contributed by atoms with E-state index in [9.17, 15) is 0 Å². The van der Waals surface area contributed by atoms with Gasteiger partial charge in [-0.05, 0) is 5.92 Å². The Bertz CT molecular complexity index is 90.4. The molecule has 0 unspecified atom stereocenters. The van der Waals surface area contributed by atoms with Crippen molar-refractivity contribution >= 4 is 16.8 Å². The Balaban J connectivity index is 3.39. The molecule has 1 N–H and O–H groups in total. The third kappa shape index (κ3) is 3.93. The summed E-state index contributed by atoms with van der Waals surface area (Å²) in [6.07, 6.45) is 0.651. The van der Waals surface area contributed by atoms with E-state index < -0.39 is 0 Å². The third-order valence-electron chi connectivity index (χ3n) is 0.685. The predicted octanol–water partition coefficient (Wildman–Crippen LogP) is 2.06. The lowest BCUT2D eigenvalue weighted by atomic mass is 10.1. The molecule has 0 atom stereocenters. The van der Waals surface area contributed by atoms with Crippen molar-refractivity contribution in [3.05, 3.63) is 0 Å². The van der Waals surface area contributed by atoms with Crippen LogP contribution in [-0.4, -0.2) is 10.4 Å². The van der Waals surface area contributed by atoms with Gasteiger partial charge in [-0.2, -0.15) is 0 Å². The van der Waals surface area contributed by atoms with E-state index in [0.717, 1.165) is 0 Å². The lowest BCUT2D eigenvalue weighted by Gasteiger charge is -1.97. The first-order chi connectivity index (χ1) is 3.66. The molecule has 0 aliphatic heterocycles. The summed E-state index contributed by atoms with van der Waals surface area (Å²) in [5, 5.41) is 11.1. The van der Waals surface area contributed by atoms with Crippen LogP contribution in [0.25, 0.3) is 0 Å². The fourth-order valence-corrected chi connectivity index (χ4v) is 0.686. The van der Waals surface area contributed by atoms with Crippen molar-refractivity contribution < 1.29 is 5.21 Å². The molecule has 0 aromatic carbocycles. The van der Waals surface area contributed by atoms with Crippen molar-refractivity contribution in [2.75, 3.05) is 0 Å². The lowest BCUT2D eigenvalue weighted by molar-refractivity contribution is 0.318. The topological polar surface area (TPSA) is 32.6 Å². The van der Waals surface area contributed by atoms with E-state index in [0.29, 0.717) is 12.3 Å². The molecule has 0 fully saturated rings. The van der Waals surface area contributed by atoms with Gasteiger partial charge in [0.25, 0.3) is 0 Å². The fraction of sp³-hybridized carbons (Fsp3) is 0.800. The zero-order chi connectivity index (χ0) is 6.57. The molecule has 3 heteroatoms. The minimum absolute atomic E-state index is 0.278. The average molecular weight is 136 g/mol. The highest BCUT2D eigenvalue weighted by atomic mass is 35.5. The second kappa shape index (κ2) is 3.72. The van der Waals surface area contributed by atoms with Gasteiger partial charge in [-0.1, -0.05) is 30.6 Å². The highest BCUT2D eigenvalue weighted by Gasteiger charge is 1.97. The van der Waals surface area contributed by atoms with Crippen molar-refractivity contribution in [1.82, 2.24) is 0 Å². The molecule has 2 nitrogen and oxygen atoms in total. The van der Waals surface area contributed by atoms with Gasteiger partial charge in [0.2, 0.25) is 0 Å². The van der Waals surface area contributed by atoms with Crippen LogP contribution in [0.4, 0.5) is 0 Å². The monoisotopic (exact) mass is 135 g/mol. The van der Waals surface area contributed by atoms with E-state index in [4.69, 9.17) is 16.8 Å². The number of rotatable bonds is 2. The van der Waals surface area contributed by atoms with E-state index in [1.165, 1.54) is 0 Å². The summed E-state index contributed by atoms with van der Waals surface area (Å²) in [7, 11) is 0. The molecule has 0 bridgehead atoms. The first-order valence-corrected chi connectivity index (χ1v) is 2.91. The van der Waals surface area contributed by atoms with Crippen molar-refractivity contribution in [2.45, 2.75) is 20.3 Å². The van der Waals surface area contributed by atoms with Gasteiger partial charge >= 0.3 is 0 Å². The Morgan fingerprint density at radius 3 is 2.38 bits per heavy atom. The van der Waals surface area contributed by atoms with Crippen molar-refractivity contribution in [3.8, 4) is 0 Å². The second-order valence-electron chi connectivity index (χ2n) is 2.07. The minimum Gasteiger partial charge on any atom is -0.410 e. The maximum Gasteiger partial charge on any atom is 0.145 e. The number of halogens is 1. The van der Waals surface area contributed by atoms with Gasteiger partial charge in [-0.3, -0.25) is 0 Å². The molecule has 0 heterocycles. The second-order valence-corrected chi connectivity index (χ2v) is 2.51. The van der Waals surface area contributed by atoms with Crippen molar-refractivity contribution in [1.29, 1.82) is 0 Å². The van der Waals surface area contributed by atoms with Gasteiger partial charge < -0.3 is 5.21 Å². The molecule has 0 amide bonds. The normalized spacial score (nSPS) is 12.8. The molecule has 0 saturated carbocycles. The number of nitrogens with zero attached hydrogens (tertiary/aromatic N) is 1. The Labute approximate surface area is 54.1 Å². The number of hydrogen-bond donors (Lipinski definition) is 1. The first kappa shape index (κ1) is 7.76. The molecule has 48 valence electrons. The zero-order valence-electron chi connectivity index (χ0n) is 5.06. The third-order valence-corrected chi connectivity index (χ3v) is 0.915. The predicted molar refractivity (Wildman–Crippen MR) is 34.5 cm³/mol. The van der Waals surface area contributed by atoms with Gasteiger partial charge in [0.15, 0.2) is 0 Å². The Kier molecular flexibility index (Phi) is 3.61. The maximum absolute atomic E-state index is 8.04. The van der Waals surface area contributed by atoms with Crippen LogP contribution < -0.4 is 0 Å². The van der Waals surface area contributed by atoms with Gasteiger partial charge in [0.1, 0.15) is 5.17 Å². The van der Waals surface area contributed by atoms with Crippen LogP contribution in [0.15, 0.2) is 5.16 Å². The molecule has 0 aromatic rings. The van der Waals surface area contributed by atoms with Gasteiger partial charge in [0.05, 0.1) is 0 Å². The Hall–Kier alpha value is -0.240. The summed E-state index contributed by atoms with van der Waals surface area (Å²) in [6.45, 7) is 4.01. The quantitative estimate of drug-likeness (QED) is 0.351. The first-order valence-electron chi connectivity index (χ1n) is 2.53. The molecule has 0 rings (SSSR count). The number of oxime groups is 1. The minimum atomic E-state index is 0.278. The van der Waals surface area contributed by atoms with Gasteiger partial charge in [-0.15, -0.1) is 0 Å². The Morgan fingerprint density at radius 1 is 1.75 bits per heavy atom. The molecule has 0 radical (unpaired) electrons. The molecule has 8 heavy (non-hydrogen) atoms. The summed E-state index contributed by atoms with van der Waals surface area (Å²) >= 11 is 5.36. The van der Waals surface area contributed by atoms with Gasteiger partial charge in [0, 0.05) is 6.42 Å². The van der Waals surface area contributed by atoms with Crippen LogP contribution in [0.1, 0.15) is 20.3 Å². The Morgan fingerprint density at radius 2 is 2.25 bits per heavy atom. The smallest absolute Gasteiger partial charge is 0.145 e. The van der Waals surface area contributed by atoms with Crippen LogP contribution in [0.3, 0.4) is 0 Å².